The van der Waals surface area contributed by atoms with E-state index in [9.17, 15) is 18.0 Å². The standard InChI is InChI=1S/C24H23N3O4S2/c1-16-6-5-7-17(2)24(16)26-33(30,31)19-12-10-18(11-13-19)25-22(28)14-27-20-8-3-4-9-21(20)32-15-23(27)29/h3-13,26H,14-15H2,1-2H3,(H,25,28). The molecule has 2 N–H and O–H groups in total. The van der Waals surface area contributed by atoms with Crippen molar-refractivity contribution in [1.82, 2.24) is 0 Å². The van der Waals surface area contributed by atoms with Gasteiger partial charge in [-0.25, -0.2) is 8.42 Å². The molecule has 0 spiro atoms. The molecule has 0 atom stereocenters. The highest BCUT2D eigenvalue weighted by molar-refractivity contribution is 8.00. The average Bonchev–Trinajstić information content (AvgIpc) is 2.79. The summed E-state index contributed by atoms with van der Waals surface area (Å²) in [6.07, 6.45) is 0. The van der Waals surface area contributed by atoms with E-state index in [0.29, 0.717) is 17.1 Å². The van der Waals surface area contributed by atoms with Gasteiger partial charge in [-0.1, -0.05) is 30.3 Å². The molecule has 0 bridgehead atoms. The maximum Gasteiger partial charge on any atom is 0.261 e. The summed E-state index contributed by atoms with van der Waals surface area (Å²) in [7, 11) is -3.78. The first-order chi connectivity index (χ1) is 15.7. The first-order valence-electron chi connectivity index (χ1n) is 10.3. The van der Waals surface area contributed by atoms with Gasteiger partial charge < -0.3 is 10.2 Å². The number of amides is 2. The van der Waals surface area contributed by atoms with Gasteiger partial charge in [0.1, 0.15) is 6.54 Å². The van der Waals surface area contributed by atoms with Crippen molar-refractivity contribution in [3.05, 3.63) is 77.9 Å². The molecule has 170 valence electrons. The highest BCUT2D eigenvalue weighted by Gasteiger charge is 2.26. The smallest absolute Gasteiger partial charge is 0.261 e. The van der Waals surface area contributed by atoms with E-state index in [0.717, 1.165) is 16.0 Å². The number of sulfonamides is 1. The molecule has 7 nitrogen and oxygen atoms in total. The van der Waals surface area contributed by atoms with Crippen molar-refractivity contribution in [3.63, 3.8) is 0 Å². The van der Waals surface area contributed by atoms with Gasteiger partial charge in [0, 0.05) is 10.6 Å². The molecule has 33 heavy (non-hydrogen) atoms. The van der Waals surface area contributed by atoms with E-state index in [1.165, 1.54) is 40.9 Å². The summed E-state index contributed by atoms with van der Waals surface area (Å²) in [6.45, 7) is 3.56. The van der Waals surface area contributed by atoms with E-state index in [2.05, 4.69) is 10.0 Å². The van der Waals surface area contributed by atoms with Crippen LogP contribution < -0.4 is 14.9 Å². The Hall–Kier alpha value is -3.30. The molecule has 0 saturated carbocycles. The minimum absolute atomic E-state index is 0.0836. The normalized spacial score (nSPS) is 13.4. The summed E-state index contributed by atoms with van der Waals surface area (Å²) >= 11 is 1.45. The van der Waals surface area contributed by atoms with Crippen LogP contribution in [0.1, 0.15) is 11.1 Å². The molecule has 3 aromatic rings. The van der Waals surface area contributed by atoms with Gasteiger partial charge >= 0.3 is 0 Å². The van der Waals surface area contributed by atoms with Crippen LogP contribution in [0.5, 0.6) is 0 Å². The molecule has 0 fully saturated rings. The van der Waals surface area contributed by atoms with Crippen LogP contribution in [-0.2, 0) is 19.6 Å². The number of nitrogens with zero attached hydrogens (tertiary/aromatic N) is 1. The van der Waals surface area contributed by atoms with Crippen LogP contribution in [0.25, 0.3) is 0 Å². The number of aryl methyl sites for hydroxylation is 2. The molecule has 3 aromatic carbocycles. The van der Waals surface area contributed by atoms with Crippen molar-refractivity contribution in [1.29, 1.82) is 0 Å². The molecule has 0 saturated heterocycles. The minimum Gasteiger partial charge on any atom is -0.325 e. The fourth-order valence-electron chi connectivity index (χ4n) is 3.56. The molecule has 2 amide bonds. The summed E-state index contributed by atoms with van der Waals surface area (Å²) in [4.78, 5) is 27.4. The highest BCUT2D eigenvalue weighted by atomic mass is 32.2. The monoisotopic (exact) mass is 481 g/mol. The average molecular weight is 482 g/mol. The summed E-state index contributed by atoms with van der Waals surface area (Å²) < 4.78 is 28.3. The largest absolute Gasteiger partial charge is 0.325 e. The predicted molar refractivity (Wildman–Crippen MR) is 131 cm³/mol. The third-order valence-corrected chi connectivity index (χ3v) is 7.69. The number of benzene rings is 3. The fourth-order valence-corrected chi connectivity index (χ4v) is 5.70. The number of nitrogens with one attached hydrogen (secondary N) is 2. The second-order valence-electron chi connectivity index (χ2n) is 7.68. The van der Waals surface area contributed by atoms with Crippen LogP contribution in [0.3, 0.4) is 0 Å². The quantitative estimate of drug-likeness (QED) is 0.551. The van der Waals surface area contributed by atoms with E-state index in [1.807, 2.05) is 56.3 Å². The number of para-hydroxylation sites is 2. The Morgan fingerprint density at radius 1 is 0.970 bits per heavy atom. The summed E-state index contributed by atoms with van der Waals surface area (Å²) in [5, 5.41) is 2.73. The Bertz CT molecular complexity index is 1300. The SMILES string of the molecule is Cc1cccc(C)c1NS(=O)(=O)c1ccc(NC(=O)CN2C(=O)CSc3ccccc32)cc1. The van der Waals surface area contributed by atoms with E-state index in [1.54, 1.807) is 0 Å². The molecule has 1 heterocycles. The van der Waals surface area contributed by atoms with Gasteiger partial charge in [0.2, 0.25) is 11.8 Å². The van der Waals surface area contributed by atoms with Crippen LogP contribution >= 0.6 is 11.8 Å². The second-order valence-corrected chi connectivity index (χ2v) is 10.4. The highest BCUT2D eigenvalue weighted by Crippen LogP contribution is 2.34. The number of carbonyl (C=O) groups excluding carboxylic acids is 2. The Kier molecular flexibility index (Phi) is 6.44. The summed E-state index contributed by atoms with van der Waals surface area (Å²) in [5.74, 6) is -0.216. The van der Waals surface area contributed by atoms with E-state index >= 15 is 0 Å². The zero-order valence-corrected chi connectivity index (χ0v) is 19.8. The van der Waals surface area contributed by atoms with Crippen LogP contribution in [0, 0.1) is 13.8 Å². The van der Waals surface area contributed by atoms with Crippen molar-refractivity contribution in [2.45, 2.75) is 23.6 Å². The first kappa shape index (κ1) is 22.9. The lowest BCUT2D eigenvalue weighted by Crippen LogP contribution is -2.41. The molecule has 0 aliphatic carbocycles. The summed E-state index contributed by atoms with van der Waals surface area (Å²) in [6, 6.07) is 18.9. The van der Waals surface area contributed by atoms with Gasteiger partial charge in [0.15, 0.2) is 0 Å². The number of hydrogen-bond acceptors (Lipinski definition) is 5. The maximum absolute atomic E-state index is 12.8. The third-order valence-electron chi connectivity index (χ3n) is 5.28. The van der Waals surface area contributed by atoms with E-state index in [-0.39, 0.29) is 29.0 Å². The molecule has 4 rings (SSSR count). The van der Waals surface area contributed by atoms with Crippen LogP contribution in [0.4, 0.5) is 17.1 Å². The minimum atomic E-state index is -3.78. The Balaban J connectivity index is 1.45. The molecule has 0 unspecified atom stereocenters. The van der Waals surface area contributed by atoms with Crippen molar-refractivity contribution >= 4 is 50.7 Å². The lowest BCUT2D eigenvalue weighted by molar-refractivity contribution is -0.120. The van der Waals surface area contributed by atoms with E-state index in [4.69, 9.17) is 0 Å². The third kappa shape index (κ3) is 5.04. The molecular formula is C24H23N3O4S2. The zero-order chi connectivity index (χ0) is 23.6. The van der Waals surface area contributed by atoms with Crippen molar-refractivity contribution < 1.29 is 18.0 Å². The van der Waals surface area contributed by atoms with Gasteiger partial charge in [0.05, 0.1) is 22.0 Å². The lowest BCUT2D eigenvalue weighted by atomic mass is 10.1. The number of carbonyl (C=O) groups is 2. The van der Waals surface area contributed by atoms with Crippen LogP contribution in [0.15, 0.2) is 76.5 Å². The number of hydrogen-bond donors (Lipinski definition) is 2. The van der Waals surface area contributed by atoms with Gasteiger partial charge in [0.25, 0.3) is 10.0 Å². The van der Waals surface area contributed by atoms with Gasteiger partial charge in [-0.2, -0.15) is 0 Å². The molecule has 1 aliphatic rings. The number of rotatable bonds is 6. The molecule has 9 heteroatoms. The van der Waals surface area contributed by atoms with Crippen molar-refractivity contribution in [2.75, 3.05) is 27.2 Å². The Morgan fingerprint density at radius 3 is 2.33 bits per heavy atom. The molecular weight excluding hydrogens is 458 g/mol. The number of thioether (sulfide) groups is 1. The van der Waals surface area contributed by atoms with Gasteiger partial charge in [-0.3, -0.25) is 14.3 Å². The Labute approximate surface area is 197 Å². The Morgan fingerprint density at radius 2 is 1.64 bits per heavy atom. The predicted octanol–water partition coefficient (Wildman–Crippen LogP) is 4.18. The molecule has 0 aromatic heterocycles. The number of fused-ring (bicyclic) bond motifs is 1. The molecule has 1 aliphatic heterocycles. The second kappa shape index (κ2) is 9.29. The van der Waals surface area contributed by atoms with Crippen LogP contribution in [-0.4, -0.2) is 32.5 Å². The fraction of sp³-hybridized carbons (Fsp3) is 0.167. The maximum atomic E-state index is 12.8. The van der Waals surface area contributed by atoms with Crippen LogP contribution in [0.2, 0.25) is 0 Å². The summed E-state index contributed by atoms with van der Waals surface area (Å²) in [5.41, 5.74) is 3.37. The topological polar surface area (TPSA) is 95.6 Å². The zero-order valence-electron chi connectivity index (χ0n) is 18.2. The molecule has 0 radical (unpaired) electrons. The van der Waals surface area contributed by atoms with Crippen molar-refractivity contribution in [3.8, 4) is 0 Å². The van der Waals surface area contributed by atoms with Gasteiger partial charge in [-0.15, -0.1) is 11.8 Å². The lowest BCUT2D eigenvalue weighted by Gasteiger charge is -2.28. The first-order valence-corrected chi connectivity index (χ1v) is 12.7. The van der Waals surface area contributed by atoms with Crippen molar-refractivity contribution in [2.24, 2.45) is 0 Å². The number of anilines is 3. The van der Waals surface area contributed by atoms with E-state index < -0.39 is 10.0 Å². The van der Waals surface area contributed by atoms with Gasteiger partial charge in [-0.05, 0) is 61.4 Å².